The molecule has 0 unspecified atom stereocenters. The van der Waals surface area contributed by atoms with E-state index in [1.165, 1.54) is 47.8 Å². The fourth-order valence-corrected chi connectivity index (χ4v) is 4.40. The first-order valence-corrected chi connectivity index (χ1v) is 15.3. The average molecular weight is 697 g/mol. The van der Waals surface area contributed by atoms with Gasteiger partial charge in [-0.1, -0.05) is 58.9 Å². The van der Waals surface area contributed by atoms with Crippen LogP contribution in [0.3, 0.4) is 0 Å². The molecule has 45 heavy (non-hydrogen) atoms. The minimum absolute atomic E-state index is 0.00301. The summed E-state index contributed by atoms with van der Waals surface area (Å²) in [7, 11) is 0. The second kappa shape index (κ2) is 16.1. The Morgan fingerprint density at radius 1 is 0.800 bits per heavy atom. The van der Waals surface area contributed by atoms with Crippen molar-refractivity contribution in [2.45, 2.75) is 29.7 Å². The van der Waals surface area contributed by atoms with Gasteiger partial charge in [0.25, 0.3) is 5.69 Å². The first-order valence-electron chi connectivity index (χ1n) is 12.1. The van der Waals surface area contributed by atoms with Crippen molar-refractivity contribution in [2.75, 3.05) is 12.5 Å². The van der Waals surface area contributed by atoms with Crippen molar-refractivity contribution in [3.63, 3.8) is 0 Å². The smallest absolute Gasteiger partial charge is 0.416 e. The van der Waals surface area contributed by atoms with E-state index in [0.717, 1.165) is 12.1 Å². The quantitative estimate of drug-likeness (QED) is 0.0557. The van der Waals surface area contributed by atoms with Gasteiger partial charge in [-0.05, 0) is 47.9 Å². The number of hydrogen-bond acceptors (Lipinski definition) is 12. The van der Waals surface area contributed by atoms with E-state index in [4.69, 9.17) is 43.2 Å². The third-order valence-corrected chi connectivity index (χ3v) is 7.03. The number of thioether (sulfide) groups is 2. The highest BCUT2D eigenvalue weighted by molar-refractivity contribution is 7.98. The Hall–Kier alpha value is -4.35. The Kier molecular flexibility index (Phi) is 12.6. The number of nitrogens with zero attached hydrogens (tertiary/aromatic N) is 7. The van der Waals surface area contributed by atoms with Gasteiger partial charge in [0.1, 0.15) is 25.4 Å². The third kappa shape index (κ3) is 9.82. The lowest BCUT2D eigenvalue weighted by Gasteiger charge is -2.10. The molecule has 0 fully saturated rings. The molecule has 232 valence electrons. The van der Waals surface area contributed by atoms with Gasteiger partial charge in [-0.2, -0.15) is 33.7 Å². The summed E-state index contributed by atoms with van der Waals surface area (Å²) in [6, 6.07) is 14.2. The summed E-state index contributed by atoms with van der Waals surface area (Å²) in [5, 5.41) is 29.4. The van der Waals surface area contributed by atoms with Crippen molar-refractivity contribution < 1.29 is 27.6 Å². The standard InChI is InChI=1S/C14H9ClF3N3OS.C13H9ClN4O3S/c1-23-13-20-11(15)10(6-19)12(21-13)22-7-8-2-4-9(5-3-8)14(16,17)18;1-22-13-16-11(14)10(6-15)12(17-13)21-7-8-2-4-9(5-3-8)18(19)20/h2-5H,7H2,1H3;2-5H,7H2,1H3. The molecule has 2 aromatic carbocycles. The molecule has 2 aromatic heterocycles. The molecule has 0 spiro atoms. The number of ether oxygens (including phenoxy) is 2. The number of non-ortho nitro benzene ring substituents is 1. The molecule has 0 N–H and O–H groups in total. The number of nitriles is 2. The van der Waals surface area contributed by atoms with Crippen molar-refractivity contribution >= 4 is 52.4 Å². The fourth-order valence-electron chi connectivity index (χ4n) is 3.18. The molecule has 0 saturated carbocycles. The largest absolute Gasteiger partial charge is 0.472 e. The summed E-state index contributed by atoms with van der Waals surface area (Å²) in [4.78, 5) is 26.1. The highest BCUT2D eigenvalue weighted by atomic mass is 35.5. The number of nitro groups is 1. The van der Waals surface area contributed by atoms with Crippen LogP contribution in [0, 0.1) is 32.8 Å². The lowest BCUT2D eigenvalue weighted by atomic mass is 10.1. The van der Waals surface area contributed by atoms with Gasteiger partial charge in [0.2, 0.25) is 11.8 Å². The molecule has 0 atom stereocenters. The van der Waals surface area contributed by atoms with Crippen LogP contribution in [0.5, 0.6) is 11.8 Å². The monoisotopic (exact) mass is 695 g/mol. The zero-order valence-corrected chi connectivity index (χ0v) is 26.1. The lowest BCUT2D eigenvalue weighted by molar-refractivity contribution is -0.384. The summed E-state index contributed by atoms with van der Waals surface area (Å²) >= 11 is 14.3. The zero-order valence-electron chi connectivity index (χ0n) is 23.0. The Morgan fingerprint density at radius 2 is 1.20 bits per heavy atom. The lowest BCUT2D eigenvalue weighted by Crippen LogP contribution is -2.06. The van der Waals surface area contributed by atoms with E-state index in [1.807, 2.05) is 12.1 Å². The van der Waals surface area contributed by atoms with Gasteiger partial charge in [0.05, 0.1) is 10.5 Å². The molecule has 0 aliphatic rings. The van der Waals surface area contributed by atoms with Crippen LogP contribution in [0.25, 0.3) is 0 Å². The van der Waals surface area contributed by atoms with E-state index < -0.39 is 16.7 Å². The van der Waals surface area contributed by atoms with E-state index in [-0.39, 0.29) is 52.1 Å². The minimum Gasteiger partial charge on any atom is -0.472 e. The zero-order chi connectivity index (χ0) is 33.1. The van der Waals surface area contributed by atoms with E-state index in [9.17, 15) is 23.3 Å². The molecule has 0 bridgehead atoms. The second-order valence-corrected chi connectivity index (χ2v) is 10.5. The minimum atomic E-state index is -4.39. The second-order valence-electron chi connectivity index (χ2n) is 8.28. The normalized spacial score (nSPS) is 10.6. The van der Waals surface area contributed by atoms with Gasteiger partial charge in [-0.15, -0.1) is 0 Å². The van der Waals surface area contributed by atoms with E-state index in [0.29, 0.717) is 21.4 Å². The van der Waals surface area contributed by atoms with Gasteiger partial charge in [0.15, 0.2) is 31.7 Å². The molecule has 18 heteroatoms. The number of alkyl halides is 3. The van der Waals surface area contributed by atoms with Crippen LogP contribution in [-0.4, -0.2) is 37.4 Å². The molecule has 4 rings (SSSR count). The summed E-state index contributed by atoms with van der Waals surface area (Å²) in [6.45, 7) is 0.0574. The summed E-state index contributed by atoms with van der Waals surface area (Å²) in [5.41, 5.74) is 0.500. The predicted molar refractivity (Wildman–Crippen MR) is 160 cm³/mol. The van der Waals surface area contributed by atoms with Gasteiger partial charge in [0, 0.05) is 12.1 Å². The Bertz CT molecular complexity index is 1750. The van der Waals surface area contributed by atoms with E-state index >= 15 is 0 Å². The van der Waals surface area contributed by atoms with E-state index in [2.05, 4.69) is 19.9 Å². The number of benzene rings is 2. The number of rotatable bonds is 9. The molecule has 11 nitrogen and oxygen atoms in total. The van der Waals surface area contributed by atoms with Gasteiger partial charge in [-0.3, -0.25) is 10.1 Å². The van der Waals surface area contributed by atoms with E-state index in [1.54, 1.807) is 24.6 Å². The van der Waals surface area contributed by atoms with Crippen LogP contribution in [0.4, 0.5) is 18.9 Å². The topological polar surface area (TPSA) is 161 Å². The van der Waals surface area contributed by atoms with Crippen LogP contribution in [0.2, 0.25) is 10.3 Å². The van der Waals surface area contributed by atoms with Crippen molar-refractivity contribution in [1.82, 2.24) is 19.9 Å². The fraction of sp³-hybridized carbons (Fsp3) is 0.185. The number of aromatic nitrogens is 4. The summed E-state index contributed by atoms with van der Waals surface area (Å²) in [5.74, 6) is 0.0851. The van der Waals surface area contributed by atoms with Crippen molar-refractivity contribution in [3.8, 4) is 23.9 Å². The Labute approximate surface area is 272 Å². The van der Waals surface area contributed by atoms with Crippen LogP contribution < -0.4 is 9.47 Å². The maximum Gasteiger partial charge on any atom is 0.416 e. The van der Waals surface area contributed by atoms with Gasteiger partial charge >= 0.3 is 6.18 Å². The van der Waals surface area contributed by atoms with Crippen LogP contribution >= 0.6 is 46.7 Å². The predicted octanol–water partition coefficient (Wildman–Crippen LogP) is 7.53. The highest BCUT2D eigenvalue weighted by Gasteiger charge is 2.30. The van der Waals surface area contributed by atoms with Crippen molar-refractivity contribution in [2.24, 2.45) is 0 Å². The third-order valence-electron chi connectivity index (χ3n) is 5.39. The molecule has 0 aliphatic carbocycles. The maximum atomic E-state index is 12.5. The SMILES string of the molecule is CSc1nc(Cl)c(C#N)c(OCc2ccc(C(F)(F)F)cc2)n1.CSc1nc(Cl)c(C#N)c(OCc2ccc([N+](=O)[O-])cc2)n1. The Morgan fingerprint density at radius 3 is 1.53 bits per heavy atom. The summed E-state index contributed by atoms with van der Waals surface area (Å²) in [6.07, 6.45) is -0.879. The number of halogens is 5. The number of nitro benzene ring substituents is 1. The average Bonchev–Trinajstić information content (AvgIpc) is 3.02. The van der Waals surface area contributed by atoms with Crippen LogP contribution in [0.15, 0.2) is 58.8 Å². The van der Waals surface area contributed by atoms with Gasteiger partial charge < -0.3 is 9.47 Å². The number of hydrogen-bond donors (Lipinski definition) is 0. The molecule has 0 aliphatic heterocycles. The Balaban J connectivity index is 0.000000246. The molecular weight excluding hydrogens is 678 g/mol. The van der Waals surface area contributed by atoms with Crippen LogP contribution in [0.1, 0.15) is 27.8 Å². The first kappa shape index (κ1) is 35.1. The van der Waals surface area contributed by atoms with Crippen LogP contribution in [-0.2, 0) is 19.4 Å². The molecule has 0 amide bonds. The van der Waals surface area contributed by atoms with Crippen molar-refractivity contribution in [3.05, 3.63) is 96.8 Å². The van der Waals surface area contributed by atoms with Crippen molar-refractivity contribution in [1.29, 1.82) is 10.5 Å². The molecule has 0 radical (unpaired) electrons. The summed E-state index contributed by atoms with van der Waals surface area (Å²) < 4.78 is 48.4. The first-order chi connectivity index (χ1) is 21.4. The highest BCUT2D eigenvalue weighted by Crippen LogP contribution is 2.30. The maximum absolute atomic E-state index is 12.5. The molecular formula is C27H18Cl2F3N7O4S2. The van der Waals surface area contributed by atoms with Gasteiger partial charge in [-0.25, -0.2) is 9.97 Å². The molecule has 4 aromatic rings. The molecule has 2 heterocycles. The molecule has 0 saturated heterocycles.